The number of rotatable bonds is 35. The van der Waals surface area contributed by atoms with Crippen LogP contribution in [0.3, 0.4) is 0 Å². The number of carboxylic acids is 3. The van der Waals surface area contributed by atoms with Crippen molar-refractivity contribution in [3.8, 4) is 0 Å². The van der Waals surface area contributed by atoms with Crippen LogP contribution in [0.15, 0.2) is 0 Å². The third-order valence-corrected chi connectivity index (χ3v) is 7.93. The van der Waals surface area contributed by atoms with Crippen molar-refractivity contribution in [2.24, 2.45) is 0 Å². The Morgan fingerprint density at radius 2 is 0.940 bits per heavy atom. The van der Waals surface area contributed by atoms with Crippen LogP contribution in [0.25, 0.3) is 0 Å². The molecule has 2 atom stereocenters. The Morgan fingerprint density at radius 1 is 0.500 bits per heavy atom. The molecular weight excluding hydrogens is 654 g/mol. The van der Waals surface area contributed by atoms with Crippen LogP contribution >= 0.6 is 0 Å². The predicted octanol–water partition coefficient (Wildman–Crippen LogP) is 3.75. The lowest BCUT2D eigenvalue weighted by molar-refractivity contribution is -0.143. The average Bonchev–Trinajstić information content (AvgIpc) is 3.05. The first-order chi connectivity index (χ1) is 23.9. The highest BCUT2D eigenvalue weighted by Gasteiger charge is 2.21. The molecule has 0 aromatic rings. The molecule has 0 heterocycles. The fourth-order valence-corrected chi connectivity index (χ4v) is 5.06. The van der Waals surface area contributed by atoms with Crippen LogP contribution in [0.4, 0.5) is 0 Å². The van der Waals surface area contributed by atoms with Crippen LogP contribution in [-0.4, -0.2) is 102 Å². The summed E-state index contributed by atoms with van der Waals surface area (Å²) in [6.07, 6.45) is 15.4. The number of Topliss-reactive ketones (excluding diaryl/α,β-unsaturated/α-hetero) is 1. The number of amides is 3. The van der Waals surface area contributed by atoms with Gasteiger partial charge in [-0.3, -0.25) is 19.2 Å². The molecule has 0 spiro atoms. The average molecular weight is 716 g/mol. The zero-order chi connectivity index (χ0) is 37.4. The number of ketones is 1. The summed E-state index contributed by atoms with van der Waals surface area (Å²) in [7, 11) is 0. The van der Waals surface area contributed by atoms with Crippen LogP contribution in [0, 0.1) is 0 Å². The molecule has 0 bridgehead atoms. The van der Waals surface area contributed by atoms with Gasteiger partial charge < -0.3 is 45.5 Å². The van der Waals surface area contributed by atoms with Crippen molar-refractivity contribution in [3.63, 3.8) is 0 Å². The largest absolute Gasteiger partial charge is 0.481 e. The highest BCUT2D eigenvalue weighted by atomic mass is 16.5. The molecule has 2 unspecified atom stereocenters. The topological polar surface area (TPSA) is 235 Å². The van der Waals surface area contributed by atoms with E-state index in [0.29, 0.717) is 6.42 Å². The standard InChI is InChI=1S/C35H61N3O12/c1-27(39)18-19-28(34(45)46)38-32(42)26-50-25-24-49-23-22-36-30(40)21-20-29(35(47)48)37-31(41)16-14-12-10-8-6-4-2-3-5-7-9-11-13-15-17-33(43)44/h28-29H,2-26H2,1H3,(H,36,40)(H,37,41)(H,38,42)(H,43,44)(H,45,46)(H,47,48). The van der Waals surface area contributed by atoms with Gasteiger partial charge in [-0.05, 0) is 32.6 Å². The van der Waals surface area contributed by atoms with Gasteiger partial charge in [0.2, 0.25) is 17.7 Å². The summed E-state index contributed by atoms with van der Waals surface area (Å²) in [6.45, 7) is 1.43. The number of carboxylic acid groups (broad SMARTS) is 3. The number of aliphatic carboxylic acids is 3. The highest BCUT2D eigenvalue weighted by Crippen LogP contribution is 2.14. The van der Waals surface area contributed by atoms with Crippen LogP contribution in [0.2, 0.25) is 0 Å². The van der Waals surface area contributed by atoms with Gasteiger partial charge in [-0.15, -0.1) is 0 Å². The van der Waals surface area contributed by atoms with Gasteiger partial charge in [0.15, 0.2) is 0 Å². The lowest BCUT2D eigenvalue weighted by Gasteiger charge is -2.14. The fourth-order valence-electron chi connectivity index (χ4n) is 5.06. The minimum absolute atomic E-state index is 0.0110. The Kier molecular flexibility index (Phi) is 29.1. The van der Waals surface area contributed by atoms with E-state index in [9.17, 15) is 38.7 Å². The summed E-state index contributed by atoms with van der Waals surface area (Å²) >= 11 is 0. The highest BCUT2D eigenvalue weighted by molar-refractivity contribution is 5.85. The van der Waals surface area contributed by atoms with Gasteiger partial charge >= 0.3 is 17.9 Å². The minimum Gasteiger partial charge on any atom is -0.481 e. The van der Waals surface area contributed by atoms with E-state index >= 15 is 0 Å². The molecule has 0 aliphatic heterocycles. The minimum atomic E-state index is -1.24. The van der Waals surface area contributed by atoms with E-state index in [1.165, 1.54) is 45.4 Å². The number of ether oxygens (including phenoxy) is 2. The first-order valence-electron chi connectivity index (χ1n) is 18.1. The number of hydrogen-bond donors (Lipinski definition) is 6. The SMILES string of the molecule is CC(=O)CCC(NC(=O)COCCOCCNC(=O)CCC(NC(=O)CCCCCCCCCCCCCCCCC(=O)O)C(=O)O)C(=O)O. The maximum Gasteiger partial charge on any atom is 0.326 e. The van der Waals surface area contributed by atoms with E-state index in [4.69, 9.17) is 19.7 Å². The van der Waals surface area contributed by atoms with Crippen molar-refractivity contribution in [2.75, 3.05) is 33.0 Å². The third kappa shape index (κ3) is 30.5. The quantitative estimate of drug-likeness (QED) is 0.0515. The molecule has 288 valence electrons. The smallest absolute Gasteiger partial charge is 0.326 e. The zero-order valence-electron chi connectivity index (χ0n) is 29.8. The maximum atomic E-state index is 12.3. The molecule has 50 heavy (non-hydrogen) atoms. The molecule has 0 aliphatic rings. The van der Waals surface area contributed by atoms with Crippen molar-refractivity contribution in [1.82, 2.24) is 16.0 Å². The first-order valence-corrected chi connectivity index (χ1v) is 18.1. The van der Waals surface area contributed by atoms with Crippen molar-refractivity contribution in [3.05, 3.63) is 0 Å². The first kappa shape index (κ1) is 46.4. The van der Waals surface area contributed by atoms with Crippen LogP contribution in [-0.2, 0) is 43.0 Å². The van der Waals surface area contributed by atoms with E-state index in [0.717, 1.165) is 44.9 Å². The Balaban J connectivity index is 3.80. The lowest BCUT2D eigenvalue weighted by Crippen LogP contribution is -2.42. The third-order valence-electron chi connectivity index (χ3n) is 7.93. The van der Waals surface area contributed by atoms with E-state index in [1.807, 2.05) is 0 Å². The molecule has 0 aromatic heterocycles. The molecule has 0 aromatic carbocycles. The molecule has 3 amide bonds. The van der Waals surface area contributed by atoms with Gasteiger partial charge in [-0.1, -0.05) is 77.0 Å². The van der Waals surface area contributed by atoms with E-state index in [1.54, 1.807) is 0 Å². The molecule has 0 aliphatic carbocycles. The van der Waals surface area contributed by atoms with Crippen molar-refractivity contribution in [2.45, 2.75) is 147 Å². The summed E-state index contributed by atoms with van der Waals surface area (Å²) in [5, 5.41) is 34.6. The number of hydrogen-bond acceptors (Lipinski definition) is 9. The van der Waals surface area contributed by atoms with Gasteiger partial charge in [0.1, 0.15) is 24.5 Å². The number of nitrogens with one attached hydrogen (secondary N) is 3. The molecule has 6 N–H and O–H groups in total. The molecule has 15 nitrogen and oxygen atoms in total. The van der Waals surface area contributed by atoms with E-state index in [2.05, 4.69) is 16.0 Å². The van der Waals surface area contributed by atoms with E-state index < -0.39 is 35.9 Å². The molecule has 0 radical (unpaired) electrons. The van der Waals surface area contributed by atoms with Crippen molar-refractivity contribution in [1.29, 1.82) is 0 Å². The van der Waals surface area contributed by atoms with Crippen molar-refractivity contribution < 1.29 is 58.4 Å². The molecule has 0 fully saturated rings. The monoisotopic (exact) mass is 715 g/mol. The maximum absolute atomic E-state index is 12.3. The second-order valence-electron chi connectivity index (χ2n) is 12.6. The molecule has 0 rings (SSSR count). The number of carbonyl (C=O) groups is 7. The fraction of sp³-hybridized carbons (Fsp3) is 0.800. The van der Waals surface area contributed by atoms with Gasteiger partial charge in [0, 0.05) is 32.2 Å². The Hall–Kier alpha value is -3.59. The zero-order valence-corrected chi connectivity index (χ0v) is 29.8. The summed E-state index contributed by atoms with van der Waals surface area (Å²) < 4.78 is 10.5. The second-order valence-corrected chi connectivity index (χ2v) is 12.6. The number of carbonyl (C=O) groups excluding carboxylic acids is 4. The summed E-state index contributed by atoms with van der Waals surface area (Å²) in [5.41, 5.74) is 0. The van der Waals surface area contributed by atoms with Gasteiger partial charge in [-0.2, -0.15) is 0 Å². The van der Waals surface area contributed by atoms with Gasteiger partial charge in [0.05, 0.1) is 19.8 Å². The summed E-state index contributed by atoms with van der Waals surface area (Å²) in [6, 6.07) is -2.34. The molecular formula is C35H61N3O12. The Morgan fingerprint density at radius 3 is 1.42 bits per heavy atom. The normalized spacial score (nSPS) is 12.1. The van der Waals surface area contributed by atoms with Gasteiger partial charge in [0.25, 0.3) is 0 Å². The summed E-state index contributed by atoms with van der Waals surface area (Å²) in [5.74, 6) is -4.70. The second kappa shape index (κ2) is 31.4. The lowest BCUT2D eigenvalue weighted by atomic mass is 10.0. The Labute approximate surface area is 296 Å². The van der Waals surface area contributed by atoms with Crippen LogP contribution in [0.5, 0.6) is 0 Å². The number of unbranched alkanes of at least 4 members (excludes halogenated alkanes) is 13. The van der Waals surface area contributed by atoms with Gasteiger partial charge in [-0.25, -0.2) is 9.59 Å². The summed E-state index contributed by atoms with van der Waals surface area (Å²) in [4.78, 5) is 80.5. The molecule has 0 saturated carbocycles. The molecule has 0 saturated heterocycles. The van der Waals surface area contributed by atoms with E-state index in [-0.39, 0.29) is 89.1 Å². The predicted molar refractivity (Wildman–Crippen MR) is 184 cm³/mol. The van der Waals surface area contributed by atoms with Crippen LogP contribution < -0.4 is 16.0 Å². The Bertz CT molecular complexity index is 1010. The van der Waals surface area contributed by atoms with Crippen molar-refractivity contribution >= 4 is 41.4 Å². The van der Waals surface area contributed by atoms with Crippen LogP contribution in [0.1, 0.15) is 135 Å². The molecule has 15 heteroatoms.